The van der Waals surface area contributed by atoms with Gasteiger partial charge in [-0.15, -0.1) is 11.3 Å². The van der Waals surface area contributed by atoms with Crippen molar-refractivity contribution in [3.05, 3.63) is 164 Å². The molecule has 3 nitrogen and oxygen atoms in total. The first-order chi connectivity index (χ1) is 24.8. The minimum Gasteiger partial charge on any atom is -0.456 e. The van der Waals surface area contributed by atoms with E-state index >= 15 is 0 Å². The third-order valence-electron chi connectivity index (χ3n) is 10.1. The van der Waals surface area contributed by atoms with E-state index < -0.39 is 0 Å². The standard InChI is InChI=1S/C46H27NO2S/c1-2-9-34-28(8-1)18-23-39-45-33(12-7-14-41(45)49-46(34)39)29-16-19-30(20-17-29)47(31-21-24-36-35-10-3-5-13-40(35)48-42(36)26-31)32-22-25-38-37-11-4-6-15-43(37)50-44(38)27-32/h1-27H. The Bertz CT molecular complexity index is 2990. The molecule has 234 valence electrons. The first kappa shape index (κ1) is 27.6. The van der Waals surface area contributed by atoms with E-state index in [1.165, 1.54) is 25.6 Å². The summed E-state index contributed by atoms with van der Waals surface area (Å²) < 4.78 is 15.4. The average molecular weight is 658 g/mol. The van der Waals surface area contributed by atoms with Gasteiger partial charge in [0.05, 0.1) is 0 Å². The van der Waals surface area contributed by atoms with Crippen LogP contribution in [-0.4, -0.2) is 0 Å². The lowest BCUT2D eigenvalue weighted by molar-refractivity contribution is 0.669. The number of furan rings is 2. The molecule has 0 fully saturated rings. The smallest absolute Gasteiger partial charge is 0.143 e. The van der Waals surface area contributed by atoms with Crippen LogP contribution in [0, 0.1) is 0 Å². The first-order valence-electron chi connectivity index (χ1n) is 16.8. The van der Waals surface area contributed by atoms with Crippen LogP contribution in [0.25, 0.3) is 85.9 Å². The number of rotatable bonds is 4. The monoisotopic (exact) mass is 657 g/mol. The van der Waals surface area contributed by atoms with Crippen molar-refractivity contribution in [1.29, 1.82) is 0 Å². The molecule has 11 rings (SSSR count). The zero-order valence-corrected chi connectivity index (χ0v) is 27.6. The first-order valence-corrected chi connectivity index (χ1v) is 17.6. The number of nitrogens with zero attached hydrogens (tertiary/aromatic N) is 1. The van der Waals surface area contributed by atoms with Gasteiger partial charge in [-0.1, -0.05) is 97.1 Å². The van der Waals surface area contributed by atoms with Gasteiger partial charge >= 0.3 is 0 Å². The van der Waals surface area contributed by atoms with Gasteiger partial charge in [-0.05, 0) is 77.2 Å². The lowest BCUT2D eigenvalue weighted by Crippen LogP contribution is -2.09. The van der Waals surface area contributed by atoms with Crippen LogP contribution in [0.15, 0.2) is 173 Å². The van der Waals surface area contributed by atoms with Crippen LogP contribution in [0.3, 0.4) is 0 Å². The molecule has 3 aromatic heterocycles. The number of benzene rings is 8. The van der Waals surface area contributed by atoms with Crippen LogP contribution in [-0.2, 0) is 0 Å². The third-order valence-corrected chi connectivity index (χ3v) is 11.2. The Morgan fingerprint density at radius 3 is 1.96 bits per heavy atom. The van der Waals surface area contributed by atoms with Crippen molar-refractivity contribution < 1.29 is 8.83 Å². The largest absolute Gasteiger partial charge is 0.456 e. The molecule has 0 bridgehead atoms. The van der Waals surface area contributed by atoms with E-state index in [1.807, 2.05) is 23.5 Å². The van der Waals surface area contributed by atoms with Gasteiger partial charge in [0.1, 0.15) is 22.3 Å². The van der Waals surface area contributed by atoms with Gasteiger partial charge in [0.25, 0.3) is 0 Å². The molecule has 0 unspecified atom stereocenters. The molecule has 0 saturated carbocycles. The number of hydrogen-bond acceptors (Lipinski definition) is 4. The fourth-order valence-electron chi connectivity index (χ4n) is 7.74. The zero-order chi connectivity index (χ0) is 32.8. The van der Waals surface area contributed by atoms with E-state index in [4.69, 9.17) is 8.83 Å². The van der Waals surface area contributed by atoms with Crippen LogP contribution in [0.4, 0.5) is 17.1 Å². The summed E-state index contributed by atoms with van der Waals surface area (Å²) >= 11 is 1.84. The second kappa shape index (κ2) is 10.6. The number of thiophene rings is 1. The minimum absolute atomic E-state index is 0.874. The van der Waals surface area contributed by atoms with Gasteiger partial charge in [0.15, 0.2) is 0 Å². The summed E-state index contributed by atoms with van der Waals surface area (Å²) in [5, 5.41) is 9.42. The molecule has 0 aliphatic carbocycles. The van der Waals surface area contributed by atoms with Crippen LogP contribution in [0.2, 0.25) is 0 Å². The minimum atomic E-state index is 0.874. The highest BCUT2D eigenvalue weighted by Crippen LogP contribution is 2.44. The maximum Gasteiger partial charge on any atom is 0.143 e. The lowest BCUT2D eigenvalue weighted by atomic mass is 9.98. The van der Waals surface area contributed by atoms with E-state index in [1.54, 1.807) is 0 Å². The molecular formula is C46H27NO2S. The molecule has 0 saturated heterocycles. The van der Waals surface area contributed by atoms with Gasteiger partial charge in [0, 0.05) is 70.2 Å². The highest BCUT2D eigenvalue weighted by molar-refractivity contribution is 7.25. The number of para-hydroxylation sites is 1. The normalized spacial score (nSPS) is 12.0. The number of fused-ring (bicyclic) bond motifs is 11. The average Bonchev–Trinajstić information content (AvgIpc) is 3.86. The Kier molecular flexibility index (Phi) is 5.83. The summed E-state index contributed by atoms with van der Waals surface area (Å²) in [7, 11) is 0. The summed E-state index contributed by atoms with van der Waals surface area (Å²) in [4.78, 5) is 2.33. The van der Waals surface area contributed by atoms with Crippen molar-refractivity contribution >= 4 is 103 Å². The molecule has 8 aromatic carbocycles. The lowest BCUT2D eigenvalue weighted by Gasteiger charge is -2.26. The van der Waals surface area contributed by atoms with Crippen LogP contribution >= 0.6 is 11.3 Å². The van der Waals surface area contributed by atoms with E-state index in [9.17, 15) is 0 Å². The summed E-state index contributed by atoms with van der Waals surface area (Å²) in [6.07, 6.45) is 0. The van der Waals surface area contributed by atoms with Gasteiger partial charge in [-0.3, -0.25) is 0 Å². The zero-order valence-electron chi connectivity index (χ0n) is 26.8. The Labute approximate surface area is 290 Å². The van der Waals surface area contributed by atoms with E-state index in [-0.39, 0.29) is 0 Å². The SMILES string of the molecule is c1ccc2c(c1)ccc1c2oc2cccc(-c3ccc(N(c4ccc5c(c4)oc4ccccc45)c4ccc5c(c4)sc4ccccc45)cc3)c21. The fraction of sp³-hybridized carbons (Fsp3) is 0. The molecule has 0 aliphatic heterocycles. The van der Waals surface area contributed by atoms with E-state index in [0.717, 1.165) is 77.5 Å². The Morgan fingerprint density at radius 2 is 1.06 bits per heavy atom. The van der Waals surface area contributed by atoms with Crippen molar-refractivity contribution in [3.8, 4) is 11.1 Å². The second-order valence-electron chi connectivity index (χ2n) is 12.9. The van der Waals surface area contributed by atoms with E-state index in [2.05, 4.69) is 157 Å². The highest BCUT2D eigenvalue weighted by Gasteiger charge is 2.19. The van der Waals surface area contributed by atoms with Crippen LogP contribution < -0.4 is 4.90 Å². The number of anilines is 3. The summed E-state index contributed by atoms with van der Waals surface area (Å²) in [5.74, 6) is 0. The summed E-state index contributed by atoms with van der Waals surface area (Å²) in [6, 6.07) is 58.4. The molecule has 3 heterocycles. The Morgan fingerprint density at radius 1 is 0.400 bits per heavy atom. The maximum atomic E-state index is 6.50. The van der Waals surface area contributed by atoms with Gasteiger partial charge in [-0.2, -0.15) is 0 Å². The predicted molar refractivity (Wildman–Crippen MR) is 212 cm³/mol. The van der Waals surface area contributed by atoms with Crippen molar-refractivity contribution in [2.45, 2.75) is 0 Å². The molecule has 0 amide bonds. The van der Waals surface area contributed by atoms with E-state index in [0.29, 0.717) is 0 Å². The topological polar surface area (TPSA) is 29.5 Å². The Balaban J connectivity index is 1.08. The molecule has 0 aliphatic rings. The molecule has 0 radical (unpaired) electrons. The molecule has 4 heteroatoms. The third kappa shape index (κ3) is 4.09. The van der Waals surface area contributed by atoms with Crippen molar-refractivity contribution in [2.24, 2.45) is 0 Å². The fourth-order valence-corrected chi connectivity index (χ4v) is 8.88. The molecule has 0 spiro atoms. The van der Waals surface area contributed by atoms with Crippen molar-refractivity contribution in [3.63, 3.8) is 0 Å². The van der Waals surface area contributed by atoms with Gasteiger partial charge in [-0.25, -0.2) is 0 Å². The Hall–Kier alpha value is -6.36. The quantitative estimate of drug-likeness (QED) is 0.189. The maximum absolute atomic E-state index is 6.50. The summed E-state index contributed by atoms with van der Waals surface area (Å²) in [6.45, 7) is 0. The molecule has 0 N–H and O–H groups in total. The highest BCUT2D eigenvalue weighted by atomic mass is 32.1. The predicted octanol–water partition coefficient (Wildman–Crippen LogP) is 14.1. The molecule has 50 heavy (non-hydrogen) atoms. The summed E-state index contributed by atoms with van der Waals surface area (Å²) in [5.41, 5.74) is 9.12. The van der Waals surface area contributed by atoms with Gasteiger partial charge < -0.3 is 13.7 Å². The van der Waals surface area contributed by atoms with Gasteiger partial charge in [0.2, 0.25) is 0 Å². The molecule has 0 atom stereocenters. The second-order valence-corrected chi connectivity index (χ2v) is 14.0. The molecular weight excluding hydrogens is 631 g/mol. The van der Waals surface area contributed by atoms with Crippen molar-refractivity contribution in [2.75, 3.05) is 4.90 Å². The molecule has 11 aromatic rings. The van der Waals surface area contributed by atoms with Crippen LogP contribution in [0.1, 0.15) is 0 Å². The number of hydrogen-bond donors (Lipinski definition) is 0. The van der Waals surface area contributed by atoms with Crippen molar-refractivity contribution in [1.82, 2.24) is 0 Å². The van der Waals surface area contributed by atoms with Crippen LogP contribution in [0.5, 0.6) is 0 Å².